The summed E-state index contributed by atoms with van der Waals surface area (Å²) < 4.78 is 6.03. The van der Waals surface area contributed by atoms with Gasteiger partial charge in [-0.25, -0.2) is 0 Å². The van der Waals surface area contributed by atoms with Crippen LogP contribution in [0.3, 0.4) is 0 Å². The summed E-state index contributed by atoms with van der Waals surface area (Å²) in [7, 11) is 0. The van der Waals surface area contributed by atoms with E-state index in [0.717, 1.165) is 11.5 Å². The van der Waals surface area contributed by atoms with Gasteiger partial charge in [0.25, 0.3) is 0 Å². The zero-order valence-corrected chi connectivity index (χ0v) is 15.2. The molecule has 3 rings (SSSR count). The van der Waals surface area contributed by atoms with Crippen LogP contribution in [0.1, 0.15) is 61.3 Å². The van der Waals surface area contributed by atoms with Gasteiger partial charge in [0.1, 0.15) is 0 Å². The molecule has 2 aromatic rings. The van der Waals surface area contributed by atoms with Crippen molar-refractivity contribution < 1.29 is 4.74 Å². The van der Waals surface area contributed by atoms with Crippen molar-refractivity contribution >= 4 is 0 Å². The molecule has 25 heavy (non-hydrogen) atoms. The summed E-state index contributed by atoms with van der Waals surface area (Å²) in [5.41, 5.74) is 9.70. The minimum absolute atomic E-state index is 0.0350. The van der Waals surface area contributed by atoms with Crippen molar-refractivity contribution in [2.75, 3.05) is 6.54 Å². The molecule has 1 aliphatic carbocycles. The molecule has 2 N–H and O–H groups in total. The monoisotopic (exact) mass is 337 g/mol. The van der Waals surface area contributed by atoms with Crippen molar-refractivity contribution in [3.63, 3.8) is 0 Å². The zero-order valence-electron chi connectivity index (χ0n) is 15.2. The van der Waals surface area contributed by atoms with Crippen LogP contribution >= 0.6 is 0 Å². The normalized spacial score (nSPS) is 16.7. The fourth-order valence-electron chi connectivity index (χ4n) is 3.81. The molecule has 1 atom stereocenters. The molecule has 0 unspecified atom stereocenters. The molecule has 1 fully saturated rings. The Bertz CT molecular complexity index is 602. The lowest BCUT2D eigenvalue weighted by Gasteiger charge is -2.21. The number of ether oxygens (including phenoxy) is 1. The first-order valence-electron chi connectivity index (χ1n) is 9.79. The zero-order chi connectivity index (χ0) is 17.3. The summed E-state index contributed by atoms with van der Waals surface area (Å²) in [5, 5.41) is 0. The number of hydrogen-bond acceptors (Lipinski definition) is 2. The Morgan fingerprint density at radius 2 is 1.56 bits per heavy atom. The second-order valence-electron chi connectivity index (χ2n) is 7.31. The van der Waals surface area contributed by atoms with Crippen molar-refractivity contribution in [3.8, 4) is 0 Å². The first-order chi connectivity index (χ1) is 12.3. The van der Waals surface area contributed by atoms with Gasteiger partial charge in [-0.1, -0.05) is 86.7 Å². The van der Waals surface area contributed by atoms with Gasteiger partial charge in [-0.2, -0.15) is 0 Å². The fraction of sp³-hybridized carbons (Fsp3) is 0.478. The maximum atomic E-state index is 6.03. The largest absolute Gasteiger partial charge is 0.368 e. The summed E-state index contributed by atoms with van der Waals surface area (Å²) >= 11 is 0. The van der Waals surface area contributed by atoms with Gasteiger partial charge < -0.3 is 10.5 Å². The van der Waals surface area contributed by atoms with Gasteiger partial charge in [0.2, 0.25) is 0 Å². The number of nitrogens with two attached hydrogens (primary N) is 1. The van der Waals surface area contributed by atoms with Crippen LogP contribution in [-0.4, -0.2) is 6.54 Å². The van der Waals surface area contributed by atoms with Gasteiger partial charge in [-0.3, -0.25) is 0 Å². The Balaban J connectivity index is 1.47. The highest BCUT2D eigenvalue weighted by atomic mass is 16.5. The van der Waals surface area contributed by atoms with Gasteiger partial charge >= 0.3 is 0 Å². The third-order valence-corrected chi connectivity index (χ3v) is 5.43. The fourth-order valence-corrected chi connectivity index (χ4v) is 3.81. The topological polar surface area (TPSA) is 35.2 Å². The van der Waals surface area contributed by atoms with Crippen molar-refractivity contribution in [3.05, 3.63) is 71.3 Å². The second-order valence-corrected chi connectivity index (χ2v) is 7.31. The molecule has 0 aliphatic heterocycles. The molecule has 0 heterocycles. The molecule has 0 amide bonds. The van der Waals surface area contributed by atoms with E-state index >= 15 is 0 Å². The average Bonchev–Trinajstić information content (AvgIpc) is 2.69. The Morgan fingerprint density at radius 3 is 2.24 bits per heavy atom. The van der Waals surface area contributed by atoms with E-state index in [1.807, 2.05) is 18.2 Å². The van der Waals surface area contributed by atoms with Crippen molar-refractivity contribution in [2.45, 2.75) is 57.7 Å². The maximum Gasteiger partial charge on any atom is 0.0951 e. The molecule has 0 radical (unpaired) electrons. The molecule has 134 valence electrons. The van der Waals surface area contributed by atoms with Crippen molar-refractivity contribution in [1.82, 2.24) is 0 Å². The van der Waals surface area contributed by atoms with E-state index < -0.39 is 0 Å². The van der Waals surface area contributed by atoms with Crippen LogP contribution < -0.4 is 5.73 Å². The molecule has 1 aliphatic rings. The van der Waals surface area contributed by atoms with Gasteiger partial charge in [-0.15, -0.1) is 0 Å². The Hall–Kier alpha value is -1.64. The van der Waals surface area contributed by atoms with E-state index in [1.54, 1.807) is 0 Å². The van der Waals surface area contributed by atoms with Crippen LogP contribution in [0.5, 0.6) is 0 Å². The summed E-state index contributed by atoms with van der Waals surface area (Å²) in [4.78, 5) is 0. The van der Waals surface area contributed by atoms with Crippen LogP contribution in [0.25, 0.3) is 0 Å². The molecule has 2 heteroatoms. The van der Waals surface area contributed by atoms with Crippen LogP contribution in [0, 0.1) is 5.92 Å². The van der Waals surface area contributed by atoms with Crippen LogP contribution in [0.2, 0.25) is 0 Å². The number of aryl methyl sites for hydroxylation is 1. The third-order valence-electron chi connectivity index (χ3n) is 5.43. The average molecular weight is 338 g/mol. The molecule has 0 saturated heterocycles. The van der Waals surface area contributed by atoms with E-state index in [4.69, 9.17) is 10.5 Å². The molecular weight excluding hydrogens is 306 g/mol. The second kappa shape index (κ2) is 9.74. The predicted molar refractivity (Wildman–Crippen MR) is 104 cm³/mol. The molecule has 2 aromatic carbocycles. The predicted octanol–water partition coefficient (Wildman–Crippen LogP) is 5.42. The number of hydrogen-bond donors (Lipinski definition) is 1. The van der Waals surface area contributed by atoms with Gasteiger partial charge in [0.15, 0.2) is 0 Å². The van der Waals surface area contributed by atoms with Crippen molar-refractivity contribution in [1.29, 1.82) is 0 Å². The molecule has 1 saturated carbocycles. The van der Waals surface area contributed by atoms with Gasteiger partial charge in [0, 0.05) is 6.54 Å². The summed E-state index contributed by atoms with van der Waals surface area (Å²) in [6.45, 7) is 1.11. The Morgan fingerprint density at radius 1 is 0.880 bits per heavy atom. The standard InChI is InChI=1S/C23H31NO/c24-17-23(22-9-5-2-6-10-22)25-18-21-15-13-20(14-16-21)12-11-19-7-3-1-4-8-19/h2,5-6,9-10,13-16,19,23H,1,3-4,7-8,11-12,17-18,24H2/t23-/m0/s1. The Labute approximate surface area is 152 Å². The Kier molecular flexibility index (Phi) is 7.08. The van der Waals surface area contributed by atoms with Crippen molar-refractivity contribution in [2.24, 2.45) is 11.7 Å². The highest BCUT2D eigenvalue weighted by Gasteiger charge is 2.13. The van der Waals surface area contributed by atoms with E-state index in [2.05, 4.69) is 36.4 Å². The van der Waals surface area contributed by atoms with Gasteiger partial charge in [0.05, 0.1) is 12.7 Å². The molecule has 0 bridgehead atoms. The third kappa shape index (κ3) is 5.69. The maximum absolute atomic E-state index is 6.03. The van der Waals surface area contributed by atoms with Crippen LogP contribution in [0.15, 0.2) is 54.6 Å². The lowest BCUT2D eigenvalue weighted by Crippen LogP contribution is -2.15. The van der Waals surface area contributed by atoms with E-state index in [0.29, 0.717) is 13.2 Å². The highest BCUT2D eigenvalue weighted by Crippen LogP contribution is 2.27. The lowest BCUT2D eigenvalue weighted by atomic mass is 9.85. The minimum Gasteiger partial charge on any atom is -0.368 e. The SMILES string of the molecule is NC[C@H](OCc1ccc(CCC2CCCCC2)cc1)c1ccccc1. The van der Waals surface area contributed by atoms with Crippen LogP contribution in [0.4, 0.5) is 0 Å². The summed E-state index contributed by atoms with van der Waals surface area (Å²) in [6, 6.07) is 19.2. The number of rotatable bonds is 8. The molecular formula is C23H31NO. The number of benzene rings is 2. The van der Waals surface area contributed by atoms with E-state index in [1.165, 1.54) is 56.1 Å². The highest BCUT2D eigenvalue weighted by molar-refractivity contribution is 5.23. The van der Waals surface area contributed by atoms with Crippen LogP contribution in [-0.2, 0) is 17.8 Å². The minimum atomic E-state index is -0.0350. The van der Waals surface area contributed by atoms with Gasteiger partial charge in [-0.05, 0) is 35.4 Å². The van der Waals surface area contributed by atoms with E-state index in [-0.39, 0.29) is 6.10 Å². The smallest absolute Gasteiger partial charge is 0.0951 e. The molecule has 2 nitrogen and oxygen atoms in total. The molecule has 0 aromatic heterocycles. The summed E-state index contributed by atoms with van der Waals surface area (Å²) in [6.07, 6.45) is 9.71. The first kappa shape index (κ1) is 18.2. The summed E-state index contributed by atoms with van der Waals surface area (Å²) in [5.74, 6) is 0.952. The molecule has 0 spiro atoms. The first-order valence-corrected chi connectivity index (χ1v) is 9.79. The van der Waals surface area contributed by atoms with E-state index in [9.17, 15) is 0 Å². The lowest BCUT2D eigenvalue weighted by molar-refractivity contribution is 0.0456. The quantitative estimate of drug-likeness (QED) is 0.698.